The normalized spacial score (nSPS) is 16.8. The lowest BCUT2D eigenvalue weighted by Crippen LogP contribution is -2.40. The zero-order chi connectivity index (χ0) is 37.6. The highest BCUT2D eigenvalue weighted by atomic mass is 127. The van der Waals surface area contributed by atoms with E-state index in [0.29, 0.717) is 25.9 Å². The first-order valence-electron chi connectivity index (χ1n) is 16.3. The summed E-state index contributed by atoms with van der Waals surface area (Å²) in [7, 11) is 0. The quantitative estimate of drug-likeness (QED) is 0.0914. The highest BCUT2D eigenvalue weighted by Gasteiger charge is 2.32. The molecule has 0 amide bonds. The Bertz CT molecular complexity index is 1180. The fourth-order valence-corrected chi connectivity index (χ4v) is 3.73. The van der Waals surface area contributed by atoms with Crippen molar-refractivity contribution in [1.29, 1.82) is 0 Å². The van der Waals surface area contributed by atoms with E-state index in [1.54, 1.807) is 0 Å². The third-order valence-corrected chi connectivity index (χ3v) is 6.47. The summed E-state index contributed by atoms with van der Waals surface area (Å²) in [5.74, 6) is -1.96. The molecule has 0 aromatic heterocycles. The van der Waals surface area contributed by atoms with Gasteiger partial charge in [-0.2, -0.15) is 0 Å². The molecule has 3 atom stereocenters. The van der Waals surface area contributed by atoms with Gasteiger partial charge >= 0.3 is 29.8 Å². The van der Waals surface area contributed by atoms with E-state index in [0.717, 1.165) is 36.8 Å². The largest absolute Gasteiger partial charge is 0.466 e. The first-order chi connectivity index (χ1) is 24.0. The minimum Gasteiger partial charge on any atom is -0.466 e. The molecule has 2 aromatic carbocycles. The number of aliphatic hydroxyl groups is 2. The number of unbranched alkanes of at least 4 members (excludes halogenated alkanes) is 2. The molecular weight excluding hydrogens is 878 g/mol. The van der Waals surface area contributed by atoms with E-state index in [2.05, 4.69) is 54.7 Å². The van der Waals surface area contributed by atoms with Gasteiger partial charge in [-0.25, -0.2) is 14.4 Å². The average molecular weight is 929 g/mol. The van der Waals surface area contributed by atoms with Crippen LogP contribution in [0.5, 0.6) is 0 Å². The van der Waals surface area contributed by atoms with Crippen molar-refractivity contribution in [2.75, 3.05) is 15.6 Å². The number of halogens is 2. The van der Waals surface area contributed by atoms with Gasteiger partial charge in [-0.1, -0.05) is 112 Å². The molecule has 0 radical (unpaired) electrons. The molecule has 280 valence electrons. The summed E-state index contributed by atoms with van der Waals surface area (Å²) in [4.78, 5) is 55.0. The Morgan fingerprint density at radius 3 is 1.86 bits per heavy atom. The predicted molar refractivity (Wildman–Crippen MR) is 203 cm³/mol. The second kappa shape index (κ2) is 30.9. The zero-order valence-electron chi connectivity index (χ0n) is 28.9. The van der Waals surface area contributed by atoms with Gasteiger partial charge in [-0.05, 0) is 64.0 Å². The van der Waals surface area contributed by atoms with Crippen LogP contribution >= 0.6 is 45.2 Å². The zero-order valence-corrected chi connectivity index (χ0v) is 33.2. The predicted octanol–water partition coefficient (Wildman–Crippen LogP) is 6.17. The molecule has 12 nitrogen and oxygen atoms in total. The van der Waals surface area contributed by atoms with Crippen molar-refractivity contribution >= 4 is 75.0 Å². The summed E-state index contributed by atoms with van der Waals surface area (Å²) in [6.07, 6.45) is 3.75. The molecule has 2 aromatic rings. The number of hydrogen-bond donors (Lipinski definition) is 2. The molecule has 2 saturated heterocycles. The van der Waals surface area contributed by atoms with Gasteiger partial charge in [0.05, 0.1) is 15.6 Å². The van der Waals surface area contributed by atoms with Gasteiger partial charge in [0.15, 0.2) is 18.3 Å². The monoisotopic (exact) mass is 928 g/mol. The van der Waals surface area contributed by atoms with Gasteiger partial charge in [0.2, 0.25) is 0 Å². The lowest BCUT2D eigenvalue weighted by atomic mass is 10.2. The summed E-state index contributed by atoms with van der Waals surface area (Å²) < 4.78 is 25.2. The van der Waals surface area contributed by atoms with E-state index in [1.165, 1.54) is 23.2 Å². The highest BCUT2D eigenvalue weighted by Crippen LogP contribution is 2.09. The number of cyclic esters (lactones) is 3. The van der Waals surface area contributed by atoms with Crippen LogP contribution in [-0.2, 0) is 60.9 Å². The van der Waals surface area contributed by atoms with Crippen LogP contribution in [0.25, 0.3) is 0 Å². The Hall–Kier alpha value is -2.83. The van der Waals surface area contributed by atoms with Crippen LogP contribution in [0.1, 0.15) is 83.3 Å². The molecule has 3 unspecified atom stereocenters. The fraction of sp³-hybridized carbons (Fsp3) is 0.528. The van der Waals surface area contributed by atoms with Crippen LogP contribution in [0.3, 0.4) is 0 Å². The number of rotatable bonds is 10. The number of carbonyl (C=O) groups excluding carboxylic acids is 5. The average Bonchev–Trinajstić information content (AvgIpc) is 3.37. The van der Waals surface area contributed by atoms with Gasteiger partial charge in [0.25, 0.3) is 0 Å². The lowest BCUT2D eigenvalue weighted by Gasteiger charge is -2.22. The van der Waals surface area contributed by atoms with Crippen LogP contribution < -0.4 is 0 Å². The maximum Gasteiger partial charge on any atom is 0.347 e. The van der Waals surface area contributed by atoms with Crippen molar-refractivity contribution in [3.8, 4) is 0 Å². The van der Waals surface area contributed by atoms with E-state index in [9.17, 15) is 24.0 Å². The fourth-order valence-electron chi connectivity index (χ4n) is 3.73. The number of ether oxygens (including phenoxy) is 5. The first-order valence-corrected chi connectivity index (χ1v) is 19.4. The van der Waals surface area contributed by atoms with E-state index in [4.69, 9.17) is 24.4 Å². The summed E-state index contributed by atoms with van der Waals surface area (Å²) in [5.41, 5.74) is 1.85. The Kier molecular flexibility index (Phi) is 29.2. The topological polar surface area (TPSA) is 172 Å². The molecule has 2 N–H and O–H groups in total. The second-order valence-electron chi connectivity index (χ2n) is 10.7. The smallest absolute Gasteiger partial charge is 0.347 e. The van der Waals surface area contributed by atoms with Crippen LogP contribution in [0, 0.1) is 0 Å². The number of aliphatic hydroxyl groups excluding tert-OH is 2. The molecule has 0 saturated carbocycles. The SMILES string of the molecule is CC(OC(=O)CCCCCO)C(=O)OCc1ccccc1.CC1OC(=O)C(C)OC1=O.ICI.O=C1CCCCCO1.OCc1ccccc1. The van der Waals surface area contributed by atoms with E-state index >= 15 is 0 Å². The molecule has 50 heavy (non-hydrogen) atoms. The number of esters is 5. The molecule has 0 bridgehead atoms. The first kappa shape index (κ1) is 47.2. The van der Waals surface area contributed by atoms with Gasteiger partial charge in [0.1, 0.15) is 6.61 Å². The lowest BCUT2D eigenvalue weighted by molar-refractivity contribution is -0.191. The van der Waals surface area contributed by atoms with Crippen LogP contribution in [0.4, 0.5) is 0 Å². The Morgan fingerprint density at radius 2 is 1.36 bits per heavy atom. The summed E-state index contributed by atoms with van der Waals surface area (Å²) >= 11 is 4.55. The van der Waals surface area contributed by atoms with Crippen LogP contribution in [0.2, 0.25) is 0 Å². The van der Waals surface area contributed by atoms with Crippen molar-refractivity contribution in [3.63, 3.8) is 0 Å². The van der Waals surface area contributed by atoms with Crippen molar-refractivity contribution in [2.45, 2.75) is 104 Å². The molecule has 0 spiro atoms. The van der Waals surface area contributed by atoms with Crippen molar-refractivity contribution in [2.24, 2.45) is 0 Å². The van der Waals surface area contributed by atoms with Gasteiger partial charge in [-0.15, -0.1) is 0 Å². The number of hydrogen-bond acceptors (Lipinski definition) is 12. The molecule has 2 aliphatic rings. The molecule has 2 aliphatic heterocycles. The minimum atomic E-state index is -0.904. The standard InChI is InChI=1S/C16H22O5.C7H8O.C6H8O4.C6H10O2.CH2I2/c1-13(21-15(18)10-6-3-7-11-17)16(19)20-12-14-8-4-2-5-9-14;8-6-7-4-2-1-3-5-7;1-3-5(7)10-4(2)6(8)9-3;7-6-4-2-1-3-5-8-6;2-1-3/h2,4-5,8-9,13,17H,3,6-7,10-12H2,1H3;1-5,8H,6H2;3-4H,1-2H3;1-5H2;1H2. The van der Waals surface area contributed by atoms with E-state index in [1.807, 2.05) is 60.7 Å². The van der Waals surface area contributed by atoms with E-state index in [-0.39, 0.29) is 32.2 Å². The Labute approximate surface area is 322 Å². The Morgan fingerprint density at radius 1 is 0.820 bits per heavy atom. The third kappa shape index (κ3) is 25.2. The van der Waals surface area contributed by atoms with Gasteiger partial charge in [-0.3, -0.25) is 9.59 Å². The molecule has 2 fully saturated rings. The minimum absolute atomic E-state index is 0.0255. The summed E-state index contributed by atoms with van der Waals surface area (Å²) in [5, 5.41) is 17.2. The summed E-state index contributed by atoms with van der Waals surface area (Å²) in [6.45, 7) is 5.52. The number of benzene rings is 2. The molecule has 14 heteroatoms. The van der Waals surface area contributed by atoms with Crippen LogP contribution in [-0.4, -0.2) is 74.0 Å². The van der Waals surface area contributed by atoms with Gasteiger partial charge < -0.3 is 33.9 Å². The maximum absolute atomic E-state index is 11.7. The third-order valence-electron chi connectivity index (χ3n) is 6.47. The van der Waals surface area contributed by atoms with Crippen molar-refractivity contribution < 1.29 is 57.9 Å². The van der Waals surface area contributed by atoms with E-state index < -0.39 is 42.2 Å². The Balaban J connectivity index is 0.000000685. The summed E-state index contributed by atoms with van der Waals surface area (Å²) in [6, 6.07) is 18.8. The van der Waals surface area contributed by atoms with Gasteiger partial charge in [0, 0.05) is 19.4 Å². The van der Waals surface area contributed by atoms with Crippen molar-refractivity contribution in [3.05, 3.63) is 71.8 Å². The van der Waals surface area contributed by atoms with Crippen LogP contribution in [0.15, 0.2) is 60.7 Å². The molecule has 2 heterocycles. The highest BCUT2D eigenvalue weighted by molar-refractivity contribution is 14.2. The molecule has 4 rings (SSSR count). The molecule has 0 aliphatic carbocycles. The second-order valence-corrected chi connectivity index (χ2v) is 15.1. The van der Waals surface area contributed by atoms with Crippen molar-refractivity contribution in [1.82, 2.24) is 0 Å². The molecular formula is C36H50I2O12. The number of alkyl halides is 2. The maximum atomic E-state index is 11.7. The number of carbonyl (C=O) groups is 5.